The summed E-state index contributed by atoms with van der Waals surface area (Å²) in [6.07, 6.45) is 0.558. The fourth-order valence-corrected chi connectivity index (χ4v) is 2.32. The Kier molecular flexibility index (Phi) is 6.01. The molecule has 0 aliphatic carbocycles. The van der Waals surface area contributed by atoms with E-state index in [0.717, 1.165) is 9.13 Å². The van der Waals surface area contributed by atoms with Crippen LogP contribution in [0.5, 0.6) is 0 Å². The fraction of sp³-hybridized carbons (Fsp3) is 0.385. The molecule has 1 aromatic rings. The van der Waals surface area contributed by atoms with Crippen LogP contribution in [0.25, 0.3) is 0 Å². The van der Waals surface area contributed by atoms with E-state index < -0.39 is 0 Å². The number of hydrogen-bond acceptors (Lipinski definition) is 2. The van der Waals surface area contributed by atoms with E-state index in [-0.39, 0.29) is 11.9 Å². The molecule has 1 amide bonds. The average molecular weight is 376 g/mol. The summed E-state index contributed by atoms with van der Waals surface area (Å²) in [5.41, 5.74) is 6.23. The number of halogens is 1. The number of rotatable bonds is 5. The molecule has 18 heavy (non-hydrogen) atoms. The van der Waals surface area contributed by atoms with Crippen LogP contribution in [-0.2, 0) is 0 Å². The van der Waals surface area contributed by atoms with Crippen LogP contribution in [0.4, 0.5) is 0 Å². The van der Waals surface area contributed by atoms with Crippen molar-refractivity contribution in [3.8, 4) is 0 Å². The minimum absolute atomic E-state index is 0.0336. The summed E-state index contributed by atoms with van der Waals surface area (Å²) in [4.78, 5) is 14.7. The van der Waals surface area contributed by atoms with Gasteiger partial charge < -0.3 is 10.6 Å². The van der Waals surface area contributed by atoms with Crippen molar-refractivity contribution in [3.63, 3.8) is 0 Å². The van der Waals surface area contributed by atoms with Gasteiger partial charge in [0.2, 0.25) is 0 Å². The molecule has 5 heteroatoms. The lowest BCUT2D eigenvalue weighted by atomic mass is 10.1. The lowest BCUT2D eigenvalue weighted by Gasteiger charge is -2.27. The smallest absolute Gasteiger partial charge is 0.255 e. The van der Waals surface area contributed by atoms with Gasteiger partial charge in [0, 0.05) is 22.6 Å². The number of carbonyl (C=O) groups is 1. The molecule has 0 aliphatic heterocycles. The van der Waals surface area contributed by atoms with Gasteiger partial charge in [-0.3, -0.25) is 4.79 Å². The Hall–Kier alpha value is -0.690. The van der Waals surface area contributed by atoms with E-state index in [1.54, 1.807) is 4.90 Å². The van der Waals surface area contributed by atoms with Gasteiger partial charge in [0.05, 0.1) is 10.6 Å². The van der Waals surface area contributed by atoms with Gasteiger partial charge in [-0.2, -0.15) is 0 Å². The van der Waals surface area contributed by atoms with Gasteiger partial charge in [-0.05, 0) is 48.6 Å². The second kappa shape index (κ2) is 7.04. The van der Waals surface area contributed by atoms with Crippen LogP contribution in [0.3, 0.4) is 0 Å². The maximum absolute atomic E-state index is 12.5. The summed E-state index contributed by atoms with van der Waals surface area (Å²) in [7, 11) is 0. The number of carbonyl (C=O) groups excluding carboxylic acids is 1. The van der Waals surface area contributed by atoms with E-state index >= 15 is 0 Å². The number of nitrogens with zero attached hydrogens (tertiary/aromatic N) is 1. The van der Waals surface area contributed by atoms with Crippen LogP contribution in [0.2, 0.25) is 0 Å². The van der Waals surface area contributed by atoms with Gasteiger partial charge >= 0.3 is 0 Å². The molecule has 2 N–H and O–H groups in total. The third-order valence-electron chi connectivity index (χ3n) is 2.59. The van der Waals surface area contributed by atoms with E-state index in [0.29, 0.717) is 18.0 Å². The van der Waals surface area contributed by atoms with E-state index in [9.17, 15) is 4.79 Å². The molecule has 0 radical (unpaired) electrons. The number of benzene rings is 1. The van der Waals surface area contributed by atoms with E-state index in [1.807, 2.05) is 38.1 Å². The highest BCUT2D eigenvalue weighted by Crippen LogP contribution is 2.15. The van der Waals surface area contributed by atoms with E-state index in [4.69, 9.17) is 18.0 Å². The first kappa shape index (κ1) is 15.4. The zero-order valence-electron chi connectivity index (χ0n) is 10.5. The van der Waals surface area contributed by atoms with Gasteiger partial charge in [-0.25, -0.2) is 0 Å². The number of thiocarbonyl (C=S) groups is 1. The maximum Gasteiger partial charge on any atom is 0.255 e. The Bertz CT molecular complexity index is 448. The molecule has 0 bridgehead atoms. The molecule has 3 nitrogen and oxygen atoms in total. The Balaban J connectivity index is 2.90. The van der Waals surface area contributed by atoms with Crippen LogP contribution < -0.4 is 5.73 Å². The molecule has 0 atom stereocenters. The van der Waals surface area contributed by atoms with Crippen LogP contribution in [0, 0.1) is 3.57 Å². The normalized spacial score (nSPS) is 10.4. The number of nitrogens with two attached hydrogens (primary N) is 1. The van der Waals surface area contributed by atoms with Gasteiger partial charge in [-0.1, -0.05) is 24.4 Å². The third kappa shape index (κ3) is 4.20. The molecular weight excluding hydrogens is 359 g/mol. The third-order valence-corrected chi connectivity index (χ3v) is 3.73. The number of amides is 1. The lowest BCUT2D eigenvalue weighted by molar-refractivity contribution is 0.0710. The second-order valence-electron chi connectivity index (χ2n) is 4.29. The molecule has 0 aliphatic rings. The van der Waals surface area contributed by atoms with Crippen LogP contribution >= 0.6 is 34.8 Å². The predicted octanol–water partition coefficient (Wildman–Crippen LogP) is 2.82. The molecule has 0 saturated carbocycles. The lowest BCUT2D eigenvalue weighted by Crippen LogP contribution is -2.39. The van der Waals surface area contributed by atoms with Crippen LogP contribution in [0.15, 0.2) is 24.3 Å². The van der Waals surface area contributed by atoms with Crippen molar-refractivity contribution < 1.29 is 4.79 Å². The van der Waals surface area contributed by atoms with Crippen molar-refractivity contribution in [2.45, 2.75) is 26.3 Å². The molecule has 98 valence electrons. The van der Waals surface area contributed by atoms with Gasteiger partial charge in [-0.15, -0.1) is 0 Å². The summed E-state index contributed by atoms with van der Waals surface area (Å²) in [6, 6.07) is 7.71. The highest BCUT2D eigenvalue weighted by molar-refractivity contribution is 14.1. The monoisotopic (exact) mass is 376 g/mol. The molecule has 1 rings (SSSR count). The van der Waals surface area contributed by atoms with Crippen molar-refractivity contribution in [2.75, 3.05) is 6.54 Å². The Morgan fingerprint density at radius 3 is 2.56 bits per heavy atom. The van der Waals surface area contributed by atoms with Gasteiger partial charge in [0.15, 0.2) is 0 Å². The molecule has 0 heterocycles. The predicted molar refractivity (Wildman–Crippen MR) is 86.7 cm³/mol. The van der Waals surface area contributed by atoms with E-state index in [2.05, 4.69) is 22.6 Å². The minimum Gasteiger partial charge on any atom is -0.393 e. The van der Waals surface area contributed by atoms with Crippen LogP contribution in [0.1, 0.15) is 30.6 Å². The first-order valence-electron chi connectivity index (χ1n) is 5.77. The van der Waals surface area contributed by atoms with Crippen LogP contribution in [-0.4, -0.2) is 28.4 Å². The second-order valence-corrected chi connectivity index (χ2v) is 5.98. The highest BCUT2D eigenvalue weighted by Gasteiger charge is 2.20. The first-order valence-corrected chi connectivity index (χ1v) is 7.26. The molecular formula is C13H17IN2OS. The summed E-state index contributed by atoms with van der Waals surface area (Å²) in [5, 5.41) is 0. The molecule has 0 fully saturated rings. The fourth-order valence-electron chi connectivity index (χ4n) is 1.61. The topological polar surface area (TPSA) is 46.3 Å². The van der Waals surface area contributed by atoms with Gasteiger partial charge in [0.1, 0.15) is 0 Å². The Labute approximate surface area is 127 Å². The summed E-state index contributed by atoms with van der Waals surface area (Å²) in [6.45, 7) is 4.55. The first-order chi connectivity index (χ1) is 8.43. The van der Waals surface area contributed by atoms with Crippen molar-refractivity contribution in [2.24, 2.45) is 5.73 Å². The largest absolute Gasteiger partial charge is 0.393 e. The molecule has 0 unspecified atom stereocenters. The number of hydrogen-bond donors (Lipinski definition) is 1. The average Bonchev–Trinajstić information content (AvgIpc) is 2.28. The SMILES string of the molecule is CC(C)N(CCC(N)=S)C(=O)c1ccccc1I. The Morgan fingerprint density at radius 1 is 1.44 bits per heavy atom. The molecule has 1 aromatic carbocycles. The zero-order valence-corrected chi connectivity index (χ0v) is 13.5. The summed E-state index contributed by atoms with van der Waals surface area (Å²) in [5.74, 6) is 0.0336. The zero-order chi connectivity index (χ0) is 13.7. The highest BCUT2D eigenvalue weighted by atomic mass is 127. The van der Waals surface area contributed by atoms with Crippen molar-refractivity contribution in [3.05, 3.63) is 33.4 Å². The van der Waals surface area contributed by atoms with E-state index in [1.165, 1.54) is 0 Å². The van der Waals surface area contributed by atoms with Crippen molar-refractivity contribution in [1.29, 1.82) is 0 Å². The molecule has 0 aromatic heterocycles. The maximum atomic E-state index is 12.5. The van der Waals surface area contributed by atoms with Gasteiger partial charge in [0.25, 0.3) is 5.91 Å². The van der Waals surface area contributed by atoms with Crippen molar-refractivity contribution >= 4 is 45.7 Å². The molecule has 0 spiro atoms. The molecule has 0 saturated heterocycles. The van der Waals surface area contributed by atoms with Crippen molar-refractivity contribution in [1.82, 2.24) is 4.90 Å². The standard InChI is InChI=1S/C13H17IN2OS/c1-9(2)16(8-7-12(15)18)13(17)10-5-3-4-6-11(10)14/h3-6,9H,7-8H2,1-2H3,(H2,15,18). The summed E-state index contributed by atoms with van der Waals surface area (Å²) >= 11 is 7.04. The Morgan fingerprint density at radius 2 is 2.06 bits per heavy atom. The minimum atomic E-state index is 0.0336. The summed E-state index contributed by atoms with van der Waals surface area (Å²) < 4.78 is 0.959. The quantitative estimate of drug-likeness (QED) is 0.635.